The van der Waals surface area contributed by atoms with Crippen LogP contribution in [0.4, 0.5) is 0 Å². The Morgan fingerprint density at radius 1 is 0.545 bits per heavy atom. The number of pyridine rings is 1. The number of hydrogen-bond donors (Lipinski definition) is 0. The van der Waals surface area contributed by atoms with Crippen molar-refractivity contribution < 1.29 is 9.47 Å². The molecule has 4 aromatic carbocycles. The first kappa shape index (κ1) is 20.8. The van der Waals surface area contributed by atoms with E-state index in [1.165, 1.54) is 22.3 Å². The summed E-state index contributed by atoms with van der Waals surface area (Å²) in [5.74, 6) is 1.42. The summed E-state index contributed by atoms with van der Waals surface area (Å²) in [4.78, 5) is 4.98. The van der Waals surface area contributed by atoms with E-state index in [0.29, 0.717) is 11.5 Å². The number of aryl methyl sites for hydroxylation is 1. The van der Waals surface area contributed by atoms with Crippen molar-refractivity contribution in [2.75, 3.05) is 14.2 Å². The average Bonchev–Trinajstić information content (AvgIpc) is 2.88. The van der Waals surface area contributed by atoms with Crippen molar-refractivity contribution in [3.63, 3.8) is 0 Å². The smallest absolute Gasteiger partial charge is 0.161 e. The number of ether oxygens (including phenoxy) is 2. The maximum Gasteiger partial charge on any atom is 0.161 e. The molecule has 0 amide bonds. The molecule has 3 heteroatoms. The highest BCUT2D eigenvalue weighted by Gasteiger charge is 2.13. The summed E-state index contributed by atoms with van der Waals surface area (Å²) in [6.07, 6.45) is 0. The second-order valence-corrected chi connectivity index (χ2v) is 8.05. The van der Waals surface area contributed by atoms with Gasteiger partial charge in [0.2, 0.25) is 0 Å². The van der Waals surface area contributed by atoms with Crippen LogP contribution in [0.5, 0.6) is 11.5 Å². The maximum absolute atomic E-state index is 5.54. The molecule has 3 nitrogen and oxygen atoms in total. The van der Waals surface area contributed by atoms with Gasteiger partial charge in [-0.05, 0) is 71.0 Å². The van der Waals surface area contributed by atoms with Gasteiger partial charge < -0.3 is 9.47 Å². The van der Waals surface area contributed by atoms with E-state index in [0.717, 1.165) is 27.7 Å². The van der Waals surface area contributed by atoms with Gasteiger partial charge in [0.05, 0.1) is 19.9 Å². The van der Waals surface area contributed by atoms with Crippen molar-refractivity contribution in [1.82, 2.24) is 4.98 Å². The molecule has 0 spiro atoms. The molecule has 0 unspecified atom stereocenters. The molecule has 0 radical (unpaired) electrons. The van der Waals surface area contributed by atoms with Crippen LogP contribution in [0.2, 0.25) is 0 Å². The molecule has 0 atom stereocenters. The van der Waals surface area contributed by atoms with Crippen molar-refractivity contribution in [2.45, 2.75) is 6.92 Å². The normalized spacial score (nSPS) is 10.9. The predicted molar refractivity (Wildman–Crippen MR) is 136 cm³/mol. The lowest BCUT2D eigenvalue weighted by Gasteiger charge is -2.14. The minimum Gasteiger partial charge on any atom is -0.493 e. The van der Waals surface area contributed by atoms with E-state index in [1.54, 1.807) is 14.2 Å². The van der Waals surface area contributed by atoms with Gasteiger partial charge in [0.1, 0.15) is 0 Å². The molecular weight excluding hydrogens is 406 g/mol. The summed E-state index contributed by atoms with van der Waals surface area (Å²) in [6, 6.07) is 33.8. The van der Waals surface area contributed by atoms with Crippen LogP contribution in [-0.2, 0) is 0 Å². The Kier molecular flexibility index (Phi) is 5.54. The highest BCUT2D eigenvalue weighted by Crippen LogP contribution is 2.37. The van der Waals surface area contributed by atoms with Crippen molar-refractivity contribution in [1.29, 1.82) is 0 Å². The number of aromatic nitrogens is 1. The molecule has 162 valence electrons. The fourth-order valence-electron chi connectivity index (χ4n) is 4.27. The lowest BCUT2D eigenvalue weighted by Crippen LogP contribution is -1.95. The lowest BCUT2D eigenvalue weighted by molar-refractivity contribution is 0.356. The number of benzene rings is 4. The third kappa shape index (κ3) is 4.06. The van der Waals surface area contributed by atoms with Crippen LogP contribution in [0.15, 0.2) is 97.1 Å². The van der Waals surface area contributed by atoms with Crippen molar-refractivity contribution in [2.24, 2.45) is 0 Å². The zero-order valence-electron chi connectivity index (χ0n) is 19.0. The molecule has 0 aliphatic heterocycles. The first-order valence-electron chi connectivity index (χ1n) is 11.0. The van der Waals surface area contributed by atoms with Crippen LogP contribution in [0.25, 0.3) is 44.3 Å². The fourth-order valence-corrected chi connectivity index (χ4v) is 4.27. The van der Waals surface area contributed by atoms with Gasteiger partial charge in [0, 0.05) is 16.6 Å². The van der Waals surface area contributed by atoms with Gasteiger partial charge >= 0.3 is 0 Å². The van der Waals surface area contributed by atoms with E-state index in [1.807, 2.05) is 31.2 Å². The molecule has 1 heterocycles. The molecule has 5 rings (SSSR count). The number of methoxy groups -OCH3 is 2. The molecule has 0 aliphatic rings. The Balaban J connectivity index is 1.72. The van der Waals surface area contributed by atoms with Gasteiger partial charge in [-0.3, -0.25) is 4.98 Å². The topological polar surface area (TPSA) is 31.4 Å². The Labute approximate surface area is 194 Å². The van der Waals surface area contributed by atoms with Gasteiger partial charge in [-0.1, -0.05) is 60.7 Å². The number of rotatable bonds is 5. The van der Waals surface area contributed by atoms with Crippen LogP contribution in [-0.4, -0.2) is 19.2 Å². The standard InChI is InChI=1S/C30H25NO2/c1-20-27-19-30(33-3)29(32-2)18-25(27)17-28(31-20)26-15-23(21-10-6-4-7-11-21)14-24(16-26)22-12-8-5-9-13-22/h4-19H,1-3H3. The molecule has 0 saturated heterocycles. The number of fused-ring (bicyclic) bond motifs is 1. The van der Waals surface area contributed by atoms with Crippen LogP contribution in [0.1, 0.15) is 5.69 Å². The van der Waals surface area contributed by atoms with Crippen LogP contribution in [0.3, 0.4) is 0 Å². The molecule has 0 saturated carbocycles. The Morgan fingerprint density at radius 2 is 1.06 bits per heavy atom. The molecule has 33 heavy (non-hydrogen) atoms. The van der Waals surface area contributed by atoms with Crippen molar-refractivity contribution in [3.05, 3.63) is 103 Å². The largest absolute Gasteiger partial charge is 0.493 e. The summed E-state index contributed by atoms with van der Waals surface area (Å²) >= 11 is 0. The summed E-state index contributed by atoms with van der Waals surface area (Å²) in [5, 5.41) is 2.13. The quantitative estimate of drug-likeness (QED) is 0.288. The van der Waals surface area contributed by atoms with Crippen molar-refractivity contribution >= 4 is 10.8 Å². The Bertz CT molecular complexity index is 1370. The monoisotopic (exact) mass is 431 g/mol. The Morgan fingerprint density at radius 3 is 1.61 bits per heavy atom. The molecule has 0 fully saturated rings. The van der Waals surface area contributed by atoms with Gasteiger partial charge in [-0.2, -0.15) is 0 Å². The van der Waals surface area contributed by atoms with Crippen LogP contribution in [0, 0.1) is 6.92 Å². The maximum atomic E-state index is 5.54. The first-order chi connectivity index (χ1) is 16.2. The van der Waals surface area contributed by atoms with Gasteiger partial charge in [0.25, 0.3) is 0 Å². The van der Waals surface area contributed by atoms with Gasteiger partial charge in [0.15, 0.2) is 11.5 Å². The number of hydrogen-bond acceptors (Lipinski definition) is 3. The van der Waals surface area contributed by atoms with E-state index in [4.69, 9.17) is 14.5 Å². The molecular formula is C30H25NO2. The SMILES string of the molecule is COc1cc2cc(-c3cc(-c4ccccc4)cc(-c4ccccc4)c3)nc(C)c2cc1OC. The third-order valence-electron chi connectivity index (χ3n) is 5.97. The van der Waals surface area contributed by atoms with E-state index >= 15 is 0 Å². The fraction of sp³-hybridized carbons (Fsp3) is 0.100. The highest BCUT2D eigenvalue weighted by molar-refractivity contribution is 5.91. The molecule has 0 N–H and O–H groups in total. The van der Waals surface area contributed by atoms with E-state index < -0.39 is 0 Å². The summed E-state index contributed by atoms with van der Waals surface area (Å²) < 4.78 is 11.0. The number of nitrogens with zero attached hydrogens (tertiary/aromatic N) is 1. The van der Waals surface area contributed by atoms with Gasteiger partial charge in [-0.15, -0.1) is 0 Å². The van der Waals surface area contributed by atoms with E-state index in [9.17, 15) is 0 Å². The minimum atomic E-state index is 0.708. The predicted octanol–water partition coefficient (Wildman–Crippen LogP) is 7.56. The molecule has 1 aromatic heterocycles. The second kappa shape index (κ2) is 8.79. The minimum absolute atomic E-state index is 0.708. The zero-order valence-corrected chi connectivity index (χ0v) is 19.0. The summed E-state index contributed by atoms with van der Waals surface area (Å²) in [5.41, 5.74) is 7.66. The zero-order chi connectivity index (χ0) is 22.8. The highest BCUT2D eigenvalue weighted by atomic mass is 16.5. The van der Waals surface area contributed by atoms with Crippen LogP contribution < -0.4 is 9.47 Å². The molecule has 5 aromatic rings. The second-order valence-electron chi connectivity index (χ2n) is 8.05. The lowest BCUT2D eigenvalue weighted by atomic mass is 9.94. The van der Waals surface area contributed by atoms with Crippen LogP contribution >= 0.6 is 0 Å². The van der Waals surface area contributed by atoms with E-state index in [-0.39, 0.29) is 0 Å². The van der Waals surface area contributed by atoms with Gasteiger partial charge in [-0.25, -0.2) is 0 Å². The first-order valence-corrected chi connectivity index (χ1v) is 11.0. The summed E-state index contributed by atoms with van der Waals surface area (Å²) in [6.45, 7) is 2.04. The third-order valence-corrected chi connectivity index (χ3v) is 5.97. The van der Waals surface area contributed by atoms with E-state index in [2.05, 4.69) is 72.8 Å². The average molecular weight is 432 g/mol. The molecule has 0 aliphatic carbocycles. The summed E-state index contributed by atoms with van der Waals surface area (Å²) in [7, 11) is 3.31. The molecule has 0 bridgehead atoms. The van der Waals surface area contributed by atoms with Crippen molar-refractivity contribution in [3.8, 4) is 45.0 Å². The Hall–Kier alpha value is -4.11.